The van der Waals surface area contributed by atoms with Crippen LogP contribution in [0.1, 0.15) is 17.8 Å². The van der Waals surface area contributed by atoms with E-state index in [0.717, 1.165) is 11.4 Å². The number of methoxy groups -OCH3 is 1. The van der Waals surface area contributed by atoms with Crippen molar-refractivity contribution in [1.29, 1.82) is 0 Å². The molecule has 0 spiro atoms. The molecule has 1 aromatic rings. The number of esters is 1. The summed E-state index contributed by atoms with van der Waals surface area (Å²) in [6.07, 6.45) is 0.536. The molecule has 1 aromatic heterocycles. The number of aromatic nitrogens is 2. The van der Waals surface area contributed by atoms with Gasteiger partial charge in [0, 0.05) is 12.2 Å². The highest BCUT2D eigenvalue weighted by Crippen LogP contribution is 2.03. The third-order valence-electron chi connectivity index (χ3n) is 2.26. The van der Waals surface area contributed by atoms with E-state index in [2.05, 4.69) is 9.84 Å². The fourth-order valence-electron chi connectivity index (χ4n) is 1.43. The van der Waals surface area contributed by atoms with Crippen molar-refractivity contribution >= 4 is 5.97 Å². The average Bonchev–Trinajstić information content (AvgIpc) is 2.52. The molecule has 0 aliphatic rings. The van der Waals surface area contributed by atoms with Gasteiger partial charge in [0.15, 0.2) is 0 Å². The number of aryl methyl sites for hydroxylation is 3. The van der Waals surface area contributed by atoms with E-state index in [9.17, 15) is 4.79 Å². The zero-order valence-electron chi connectivity index (χ0n) is 9.36. The van der Waals surface area contributed by atoms with Crippen molar-refractivity contribution in [3.63, 3.8) is 0 Å². The predicted octanol–water partition coefficient (Wildman–Crippen LogP) is 0.390. The van der Waals surface area contributed by atoms with Crippen molar-refractivity contribution in [3.05, 3.63) is 17.5 Å². The molecule has 84 valence electrons. The number of nitrogens with two attached hydrogens (primary N) is 1. The van der Waals surface area contributed by atoms with Gasteiger partial charge >= 0.3 is 5.97 Å². The highest BCUT2D eigenvalue weighted by molar-refractivity contribution is 5.75. The molecule has 1 rings (SSSR count). The molecular weight excluding hydrogens is 194 g/mol. The van der Waals surface area contributed by atoms with Crippen LogP contribution in [0, 0.1) is 13.8 Å². The van der Waals surface area contributed by atoms with Gasteiger partial charge in [-0.2, -0.15) is 5.10 Å². The first-order valence-corrected chi connectivity index (χ1v) is 4.89. The third-order valence-corrected chi connectivity index (χ3v) is 2.26. The average molecular weight is 211 g/mol. The summed E-state index contributed by atoms with van der Waals surface area (Å²) in [6.45, 7) is 4.54. The van der Waals surface area contributed by atoms with Crippen LogP contribution in [0.3, 0.4) is 0 Å². The maximum Gasteiger partial charge on any atom is 0.322 e. The molecule has 0 amide bonds. The van der Waals surface area contributed by atoms with Crippen LogP contribution < -0.4 is 5.73 Å². The minimum Gasteiger partial charge on any atom is -0.468 e. The lowest BCUT2D eigenvalue weighted by molar-refractivity contribution is -0.142. The van der Waals surface area contributed by atoms with Gasteiger partial charge in [-0.3, -0.25) is 9.48 Å². The quantitative estimate of drug-likeness (QED) is 0.731. The van der Waals surface area contributed by atoms with Crippen LogP contribution in [0.5, 0.6) is 0 Å². The molecule has 0 saturated heterocycles. The van der Waals surface area contributed by atoms with Gasteiger partial charge in [0.25, 0.3) is 0 Å². The molecule has 0 fully saturated rings. The largest absolute Gasteiger partial charge is 0.468 e. The molecular formula is C10H17N3O2. The molecule has 1 atom stereocenters. The van der Waals surface area contributed by atoms with E-state index in [0.29, 0.717) is 13.0 Å². The Bertz CT molecular complexity index is 346. The Morgan fingerprint density at radius 2 is 2.33 bits per heavy atom. The van der Waals surface area contributed by atoms with Gasteiger partial charge in [-0.15, -0.1) is 0 Å². The smallest absolute Gasteiger partial charge is 0.322 e. The normalized spacial score (nSPS) is 12.5. The van der Waals surface area contributed by atoms with Crippen molar-refractivity contribution in [1.82, 2.24) is 9.78 Å². The van der Waals surface area contributed by atoms with Crippen LogP contribution in [-0.2, 0) is 16.1 Å². The lowest BCUT2D eigenvalue weighted by Crippen LogP contribution is -2.32. The number of carbonyl (C=O) groups is 1. The fourth-order valence-corrected chi connectivity index (χ4v) is 1.43. The Balaban J connectivity index is 2.50. The van der Waals surface area contributed by atoms with Gasteiger partial charge in [-0.25, -0.2) is 0 Å². The van der Waals surface area contributed by atoms with Crippen molar-refractivity contribution in [2.24, 2.45) is 5.73 Å². The van der Waals surface area contributed by atoms with E-state index in [-0.39, 0.29) is 5.97 Å². The van der Waals surface area contributed by atoms with Crippen molar-refractivity contribution in [2.45, 2.75) is 32.9 Å². The van der Waals surface area contributed by atoms with Gasteiger partial charge in [-0.1, -0.05) is 0 Å². The van der Waals surface area contributed by atoms with Crippen molar-refractivity contribution < 1.29 is 9.53 Å². The monoisotopic (exact) mass is 211 g/mol. The van der Waals surface area contributed by atoms with E-state index in [1.165, 1.54) is 7.11 Å². The molecule has 0 aliphatic carbocycles. The van der Waals surface area contributed by atoms with Gasteiger partial charge < -0.3 is 10.5 Å². The van der Waals surface area contributed by atoms with E-state index in [1.807, 2.05) is 24.6 Å². The Morgan fingerprint density at radius 1 is 1.67 bits per heavy atom. The molecule has 0 saturated carbocycles. The van der Waals surface area contributed by atoms with E-state index in [1.54, 1.807) is 0 Å². The number of nitrogens with zero attached hydrogens (tertiary/aromatic N) is 2. The molecule has 5 heteroatoms. The molecule has 0 bridgehead atoms. The number of hydrogen-bond donors (Lipinski definition) is 1. The standard InChI is InChI=1S/C10H17N3O2/c1-7-6-8(2)13(12-7)5-4-9(11)10(14)15-3/h6,9H,4-5,11H2,1-3H3. The van der Waals surface area contributed by atoms with Crippen LogP contribution in [0.15, 0.2) is 6.07 Å². The van der Waals surface area contributed by atoms with Crippen LogP contribution in [0.4, 0.5) is 0 Å². The van der Waals surface area contributed by atoms with Crippen LogP contribution in [-0.4, -0.2) is 28.9 Å². The molecule has 5 nitrogen and oxygen atoms in total. The highest BCUT2D eigenvalue weighted by Gasteiger charge is 2.13. The second kappa shape index (κ2) is 4.93. The number of hydrogen-bond acceptors (Lipinski definition) is 4. The van der Waals surface area contributed by atoms with Crippen molar-refractivity contribution in [3.8, 4) is 0 Å². The van der Waals surface area contributed by atoms with Crippen LogP contribution in [0.2, 0.25) is 0 Å². The minimum atomic E-state index is -0.570. The van der Waals surface area contributed by atoms with E-state index < -0.39 is 6.04 Å². The van der Waals surface area contributed by atoms with Gasteiger partial charge in [0.05, 0.1) is 12.8 Å². The summed E-state index contributed by atoms with van der Waals surface area (Å²) in [5.74, 6) is -0.378. The summed E-state index contributed by atoms with van der Waals surface area (Å²) in [7, 11) is 1.34. The van der Waals surface area contributed by atoms with E-state index >= 15 is 0 Å². The first kappa shape index (κ1) is 11.7. The summed E-state index contributed by atoms with van der Waals surface area (Å²) < 4.78 is 6.39. The SMILES string of the molecule is COC(=O)C(N)CCn1nc(C)cc1C. The highest BCUT2D eigenvalue weighted by atomic mass is 16.5. The van der Waals surface area contributed by atoms with Crippen LogP contribution in [0.25, 0.3) is 0 Å². The lowest BCUT2D eigenvalue weighted by Gasteiger charge is -2.09. The fraction of sp³-hybridized carbons (Fsp3) is 0.600. The number of ether oxygens (including phenoxy) is 1. The maximum absolute atomic E-state index is 11.0. The first-order valence-electron chi connectivity index (χ1n) is 4.89. The molecule has 2 N–H and O–H groups in total. The Kier molecular flexibility index (Phi) is 3.85. The van der Waals surface area contributed by atoms with Gasteiger partial charge in [-0.05, 0) is 26.3 Å². The molecule has 15 heavy (non-hydrogen) atoms. The molecule has 0 aliphatic heterocycles. The third kappa shape index (κ3) is 3.06. The molecule has 1 heterocycles. The lowest BCUT2D eigenvalue weighted by atomic mass is 10.2. The topological polar surface area (TPSA) is 70.1 Å². The summed E-state index contributed by atoms with van der Waals surface area (Å²) in [4.78, 5) is 11.0. The Labute approximate surface area is 89.2 Å². The second-order valence-corrected chi connectivity index (χ2v) is 3.57. The minimum absolute atomic E-state index is 0.378. The number of rotatable bonds is 4. The molecule has 1 unspecified atom stereocenters. The Hall–Kier alpha value is -1.36. The summed E-state index contributed by atoms with van der Waals surface area (Å²) in [5.41, 5.74) is 7.66. The van der Waals surface area contributed by atoms with E-state index in [4.69, 9.17) is 5.73 Å². The predicted molar refractivity (Wildman–Crippen MR) is 56.3 cm³/mol. The second-order valence-electron chi connectivity index (χ2n) is 3.57. The summed E-state index contributed by atoms with van der Waals surface area (Å²) >= 11 is 0. The van der Waals surface area contributed by atoms with Crippen molar-refractivity contribution in [2.75, 3.05) is 7.11 Å². The van der Waals surface area contributed by atoms with Gasteiger partial charge in [0.2, 0.25) is 0 Å². The first-order chi connectivity index (χ1) is 7.04. The summed E-state index contributed by atoms with van der Waals surface area (Å²) in [5, 5.41) is 4.28. The number of carbonyl (C=O) groups excluding carboxylic acids is 1. The summed E-state index contributed by atoms with van der Waals surface area (Å²) in [6, 6.07) is 1.42. The zero-order chi connectivity index (χ0) is 11.4. The molecule has 0 radical (unpaired) electrons. The Morgan fingerprint density at radius 3 is 2.80 bits per heavy atom. The maximum atomic E-state index is 11.0. The zero-order valence-corrected chi connectivity index (χ0v) is 9.36. The molecule has 0 aromatic carbocycles. The van der Waals surface area contributed by atoms with Crippen LogP contribution >= 0.6 is 0 Å². The van der Waals surface area contributed by atoms with Gasteiger partial charge in [0.1, 0.15) is 6.04 Å².